The number of imidazole rings is 1. The van der Waals surface area contributed by atoms with Crippen molar-refractivity contribution in [2.75, 3.05) is 13.1 Å². The summed E-state index contributed by atoms with van der Waals surface area (Å²) in [5.74, 6) is -0.0110. The van der Waals surface area contributed by atoms with Crippen molar-refractivity contribution in [1.29, 1.82) is 0 Å². The van der Waals surface area contributed by atoms with Crippen LogP contribution in [0.15, 0.2) is 18.7 Å². The molecule has 0 radical (unpaired) electrons. The first-order valence-electron chi connectivity index (χ1n) is 6.26. The quantitative estimate of drug-likeness (QED) is 0.845. The van der Waals surface area contributed by atoms with Crippen LogP contribution in [0.3, 0.4) is 0 Å². The van der Waals surface area contributed by atoms with Crippen LogP contribution in [-0.4, -0.2) is 45.5 Å². The van der Waals surface area contributed by atoms with Crippen molar-refractivity contribution >= 4 is 11.9 Å². The monoisotopic (exact) mass is 250 g/mol. The number of amides is 2. The zero-order valence-electron chi connectivity index (χ0n) is 10.5. The van der Waals surface area contributed by atoms with Crippen molar-refractivity contribution in [3.05, 3.63) is 18.7 Å². The van der Waals surface area contributed by atoms with E-state index in [4.69, 9.17) is 0 Å². The fourth-order valence-corrected chi connectivity index (χ4v) is 2.09. The van der Waals surface area contributed by atoms with Gasteiger partial charge in [-0.25, -0.2) is 9.78 Å². The fourth-order valence-electron chi connectivity index (χ4n) is 2.09. The lowest BCUT2D eigenvalue weighted by Gasteiger charge is -2.29. The third-order valence-electron chi connectivity index (χ3n) is 3.12. The van der Waals surface area contributed by atoms with E-state index >= 15 is 0 Å². The van der Waals surface area contributed by atoms with Crippen LogP contribution in [0.5, 0.6) is 0 Å². The molecule has 0 saturated carbocycles. The van der Waals surface area contributed by atoms with E-state index in [2.05, 4.69) is 10.3 Å². The zero-order valence-corrected chi connectivity index (χ0v) is 10.5. The Morgan fingerprint density at radius 3 is 2.61 bits per heavy atom. The molecule has 0 bridgehead atoms. The Balaban J connectivity index is 1.88. The van der Waals surface area contributed by atoms with Crippen LogP contribution in [0.2, 0.25) is 0 Å². The van der Waals surface area contributed by atoms with Crippen molar-refractivity contribution in [2.45, 2.75) is 32.2 Å². The van der Waals surface area contributed by atoms with E-state index in [-0.39, 0.29) is 11.9 Å². The van der Waals surface area contributed by atoms with Gasteiger partial charge in [-0.15, -0.1) is 0 Å². The number of piperidine rings is 1. The molecule has 6 heteroatoms. The molecule has 1 aromatic rings. The zero-order chi connectivity index (χ0) is 13.0. The van der Waals surface area contributed by atoms with Gasteiger partial charge in [0.2, 0.25) is 5.91 Å². The first-order chi connectivity index (χ1) is 8.68. The SMILES string of the molecule is CC(NC(=O)n1ccnc1)C(=O)N1CCCCC1. The van der Waals surface area contributed by atoms with E-state index in [1.54, 1.807) is 13.1 Å². The Morgan fingerprint density at radius 2 is 2.00 bits per heavy atom. The van der Waals surface area contributed by atoms with Gasteiger partial charge in [-0.05, 0) is 26.2 Å². The predicted molar refractivity (Wildman–Crippen MR) is 66.0 cm³/mol. The Bertz CT molecular complexity index is 410. The maximum atomic E-state index is 12.1. The number of nitrogens with one attached hydrogen (secondary N) is 1. The van der Waals surface area contributed by atoms with Gasteiger partial charge in [0.05, 0.1) is 0 Å². The van der Waals surface area contributed by atoms with E-state index in [1.807, 2.05) is 4.90 Å². The summed E-state index contributed by atoms with van der Waals surface area (Å²) in [5.41, 5.74) is 0. The van der Waals surface area contributed by atoms with E-state index in [1.165, 1.54) is 23.5 Å². The Kier molecular flexibility index (Phi) is 3.96. The standard InChI is InChI=1S/C12H18N4O2/c1-10(11(17)15-6-3-2-4-7-15)14-12(18)16-8-5-13-9-16/h5,8-10H,2-4,6-7H2,1H3,(H,14,18). The molecule has 2 amide bonds. The highest BCUT2D eigenvalue weighted by Gasteiger charge is 2.23. The van der Waals surface area contributed by atoms with Crippen LogP contribution in [0, 0.1) is 0 Å². The van der Waals surface area contributed by atoms with E-state index in [0.717, 1.165) is 25.9 Å². The van der Waals surface area contributed by atoms with Gasteiger partial charge in [-0.1, -0.05) is 0 Å². The lowest BCUT2D eigenvalue weighted by molar-refractivity contribution is -0.133. The van der Waals surface area contributed by atoms with Crippen LogP contribution in [-0.2, 0) is 4.79 Å². The van der Waals surface area contributed by atoms with Crippen LogP contribution in [0.25, 0.3) is 0 Å². The molecule has 1 atom stereocenters. The first-order valence-corrected chi connectivity index (χ1v) is 6.26. The lowest BCUT2D eigenvalue weighted by Crippen LogP contribution is -2.49. The minimum atomic E-state index is -0.502. The van der Waals surface area contributed by atoms with E-state index in [0.29, 0.717) is 0 Å². The molecule has 1 aliphatic heterocycles. The van der Waals surface area contributed by atoms with Crippen molar-refractivity contribution < 1.29 is 9.59 Å². The minimum absolute atomic E-state index is 0.0110. The molecule has 1 aliphatic rings. The largest absolute Gasteiger partial charge is 0.341 e. The van der Waals surface area contributed by atoms with E-state index < -0.39 is 6.04 Å². The molecule has 1 unspecified atom stereocenters. The highest BCUT2D eigenvalue weighted by molar-refractivity contribution is 5.87. The number of likely N-dealkylation sites (tertiary alicyclic amines) is 1. The molecule has 1 saturated heterocycles. The van der Waals surface area contributed by atoms with Gasteiger partial charge < -0.3 is 10.2 Å². The molecular weight excluding hydrogens is 232 g/mol. The summed E-state index contributed by atoms with van der Waals surface area (Å²) in [7, 11) is 0. The second kappa shape index (κ2) is 5.66. The van der Waals surface area contributed by atoms with Gasteiger partial charge >= 0.3 is 6.03 Å². The third-order valence-corrected chi connectivity index (χ3v) is 3.12. The summed E-state index contributed by atoms with van der Waals surface area (Å²) in [6.07, 6.45) is 7.76. The number of carbonyl (C=O) groups is 2. The van der Waals surface area contributed by atoms with Gasteiger partial charge in [-0.3, -0.25) is 9.36 Å². The summed E-state index contributed by atoms with van der Waals surface area (Å²) in [6, 6.07) is -0.830. The van der Waals surface area contributed by atoms with Gasteiger partial charge in [0, 0.05) is 25.5 Å². The fraction of sp³-hybridized carbons (Fsp3) is 0.583. The van der Waals surface area contributed by atoms with Crippen LogP contribution in [0.1, 0.15) is 26.2 Å². The van der Waals surface area contributed by atoms with Crippen LogP contribution in [0.4, 0.5) is 4.79 Å². The molecule has 6 nitrogen and oxygen atoms in total. The molecule has 0 aliphatic carbocycles. The normalized spacial score (nSPS) is 17.3. The molecule has 18 heavy (non-hydrogen) atoms. The Morgan fingerprint density at radius 1 is 1.28 bits per heavy atom. The maximum absolute atomic E-state index is 12.1. The highest BCUT2D eigenvalue weighted by atomic mass is 16.2. The molecule has 98 valence electrons. The third kappa shape index (κ3) is 2.88. The van der Waals surface area contributed by atoms with Gasteiger partial charge in [-0.2, -0.15) is 0 Å². The lowest BCUT2D eigenvalue weighted by atomic mass is 10.1. The summed E-state index contributed by atoms with van der Waals surface area (Å²) >= 11 is 0. The molecule has 1 fully saturated rings. The average molecular weight is 250 g/mol. The second-order valence-electron chi connectivity index (χ2n) is 4.53. The number of carbonyl (C=O) groups excluding carboxylic acids is 2. The van der Waals surface area contributed by atoms with Gasteiger partial charge in [0.25, 0.3) is 0 Å². The molecule has 0 aromatic carbocycles. The number of hydrogen-bond donors (Lipinski definition) is 1. The summed E-state index contributed by atoms with van der Waals surface area (Å²) in [6.45, 7) is 3.31. The Labute approximate surface area is 106 Å². The number of aromatic nitrogens is 2. The number of rotatable bonds is 2. The molecule has 2 heterocycles. The van der Waals surface area contributed by atoms with Gasteiger partial charge in [0.15, 0.2) is 0 Å². The summed E-state index contributed by atoms with van der Waals surface area (Å²) in [4.78, 5) is 29.4. The Hall–Kier alpha value is -1.85. The predicted octanol–water partition coefficient (Wildman–Crippen LogP) is 0.842. The molecule has 0 spiro atoms. The minimum Gasteiger partial charge on any atom is -0.341 e. The summed E-state index contributed by atoms with van der Waals surface area (Å²) < 4.78 is 1.32. The average Bonchev–Trinajstić information content (AvgIpc) is 2.92. The van der Waals surface area contributed by atoms with Crippen molar-refractivity contribution in [3.63, 3.8) is 0 Å². The van der Waals surface area contributed by atoms with Crippen molar-refractivity contribution in [3.8, 4) is 0 Å². The maximum Gasteiger partial charge on any atom is 0.327 e. The van der Waals surface area contributed by atoms with Crippen LogP contribution >= 0.6 is 0 Å². The van der Waals surface area contributed by atoms with Crippen LogP contribution < -0.4 is 5.32 Å². The van der Waals surface area contributed by atoms with E-state index in [9.17, 15) is 9.59 Å². The van der Waals surface area contributed by atoms with Crippen molar-refractivity contribution in [2.24, 2.45) is 0 Å². The molecular formula is C12H18N4O2. The molecule has 1 aromatic heterocycles. The number of hydrogen-bond acceptors (Lipinski definition) is 3. The molecule has 1 N–H and O–H groups in total. The second-order valence-corrected chi connectivity index (χ2v) is 4.53. The number of nitrogens with zero attached hydrogens (tertiary/aromatic N) is 3. The highest BCUT2D eigenvalue weighted by Crippen LogP contribution is 2.09. The topological polar surface area (TPSA) is 67.2 Å². The van der Waals surface area contributed by atoms with Crippen molar-refractivity contribution in [1.82, 2.24) is 19.8 Å². The smallest absolute Gasteiger partial charge is 0.327 e. The first kappa shape index (κ1) is 12.6. The summed E-state index contributed by atoms with van der Waals surface area (Å²) in [5, 5.41) is 2.67. The van der Waals surface area contributed by atoms with Gasteiger partial charge in [0.1, 0.15) is 12.4 Å². The molecule has 2 rings (SSSR count).